The van der Waals surface area contributed by atoms with E-state index in [1.165, 1.54) is 0 Å². The monoisotopic (exact) mass is 424 g/mol. The van der Waals surface area contributed by atoms with E-state index in [4.69, 9.17) is 0 Å². The van der Waals surface area contributed by atoms with Gasteiger partial charge in [-0.15, -0.1) is 0 Å². The molecule has 1 aliphatic heterocycles. The van der Waals surface area contributed by atoms with Crippen LogP contribution in [0.3, 0.4) is 0 Å². The third kappa shape index (κ3) is 4.12. The molecule has 6 nitrogen and oxygen atoms in total. The predicted molar refractivity (Wildman–Crippen MR) is 124 cm³/mol. The fraction of sp³-hybridized carbons (Fsp3) is 0.192. The van der Waals surface area contributed by atoms with Crippen molar-refractivity contribution in [3.63, 3.8) is 0 Å². The van der Waals surface area contributed by atoms with Crippen LogP contribution in [0.25, 0.3) is 22.2 Å². The molecule has 1 saturated heterocycles. The Balaban J connectivity index is 1.17. The zero-order chi connectivity index (χ0) is 21.9. The van der Waals surface area contributed by atoms with E-state index >= 15 is 0 Å². The van der Waals surface area contributed by atoms with Gasteiger partial charge < -0.3 is 15.2 Å². The van der Waals surface area contributed by atoms with Gasteiger partial charge in [-0.25, -0.2) is 4.98 Å². The van der Waals surface area contributed by atoms with Crippen molar-refractivity contribution in [2.45, 2.75) is 18.9 Å². The molecule has 160 valence electrons. The SMILES string of the molecule is O=C(NC1CCN(C(=O)c2ccc(-c3ccccc3)cc2)CC1)c1ccc2nc[nH]c2c1. The summed E-state index contributed by atoms with van der Waals surface area (Å²) in [7, 11) is 0. The number of imidazole rings is 1. The largest absolute Gasteiger partial charge is 0.349 e. The lowest BCUT2D eigenvalue weighted by molar-refractivity contribution is 0.0698. The Morgan fingerprint density at radius 1 is 0.875 bits per heavy atom. The quantitative estimate of drug-likeness (QED) is 0.514. The molecule has 3 aromatic carbocycles. The number of nitrogens with zero attached hydrogens (tertiary/aromatic N) is 2. The first kappa shape index (κ1) is 20.0. The number of likely N-dealkylation sites (tertiary alicyclic amines) is 1. The van der Waals surface area contributed by atoms with E-state index in [1.807, 2.05) is 59.5 Å². The lowest BCUT2D eigenvalue weighted by atomic mass is 10.0. The van der Waals surface area contributed by atoms with Gasteiger partial charge in [-0.1, -0.05) is 42.5 Å². The first-order valence-electron chi connectivity index (χ1n) is 10.9. The molecule has 4 aromatic rings. The van der Waals surface area contributed by atoms with Crippen molar-refractivity contribution in [3.8, 4) is 11.1 Å². The normalized spacial score (nSPS) is 14.4. The highest BCUT2D eigenvalue weighted by molar-refractivity contribution is 5.97. The Kier molecular flexibility index (Phi) is 5.42. The fourth-order valence-corrected chi connectivity index (χ4v) is 4.19. The molecule has 5 rings (SSSR count). The van der Waals surface area contributed by atoms with Crippen LogP contribution in [0.15, 0.2) is 79.1 Å². The molecule has 2 amide bonds. The average Bonchev–Trinajstić information content (AvgIpc) is 3.33. The van der Waals surface area contributed by atoms with Crippen molar-refractivity contribution in [1.82, 2.24) is 20.2 Å². The molecular formula is C26H24N4O2. The van der Waals surface area contributed by atoms with Crippen LogP contribution in [-0.2, 0) is 0 Å². The zero-order valence-electron chi connectivity index (χ0n) is 17.6. The number of benzene rings is 3. The molecule has 0 bridgehead atoms. The number of carbonyl (C=O) groups excluding carboxylic acids is 2. The van der Waals surface area contributed by atoms with Gasteiger partial charge in [0.2, 0.25) is 0 Å². The molecule has 0 radical (unpaired) electrons. The van der Waals surface area contributed by atoms with E-state index in [0.717, 1.165) is 35.0 Å². The molecular weight excluding hydrogens is 400 g/mol. The maximum Gasteiger partial charge on any atom is 0.253 e. The van der Waals surface area contributed by atoms with Gasteiger partial charge in [0.25, 0.3) is 11.8 Å². The Bertz CT molecular complexity index is 1240. The lowest BCUT2D eigenvalue weighted by Gasteiger charge is -2.32. The van der Waals surface area contributed by atoms with E-state index in [2.05, 4.69) is 27.4 Å². The van der Waals surface area contributed by atoms with Gasteiger partial charge in [0, 0.05) is 30.3 Å². The predicted octanol–water partition coefficient (Wildman–Crippen LogP) is 4.26. The summed E-state index contributed by atoms with van der Waals surface area (Å²) in [6, 6.07) is 23.4. The van der Waals surface area contributed by atoms with E-state index in [-0.39, 0.29) is 17.9 Å². The van der Waals surface area contributed by atoms with Crippen molar-refractivity contribution in [2.24, 2.45) is 0 Å². The van der Waals surface area contributed by atoms with E-state index in [9.17, 15) is 9.59 Å². The third-order valence-corrected chi connectivity index (χ3v) is 6.04. The number of hydrogen-bond acceptors (Lipinski definition) is 3. The summed E-state index contributed by atoms with van der Waals surface area (Å²) in [5.41, 5.74) is 5.21. The van der Waals surface area contributed by atoms with Crippen LogP contribution < -0.4 is 5.32 Å². The maximum atomic E-state index is 12.9. The summed E-state index contributed by atoms with van der Waals surface area (Å²) in [6.07, 6.45) is 3.10. The highest BCUT2D eigenvalue weighted by atomic mass is 16.2. The molecule has 32 heavy (non-hydrogen) atoms. The molecule has 0 saturated carbocycles. The Morgan fingerprint density at radius 2 is 1.56 bits per heavy atom. The van der Waals surface area contributed by atoms with Crippen LogP contribution in [-0.4, -0.2) is 45.8 Å². The minimum absolute atomic E-state index is 0.0408. The number of H-pyrrole nitrogens is 1. The second kappa shape index (κ2) is 8.67. The molecule has 2 N–H and O–H groups in total. The summed E-state index contributed by atoms with van der Waals surface area (Å²) in [5, 5.41) is 3.11. The number of fused-ring (bicyclic) bond motifs is 1. The molecule has 2 heterocycles. The summed E-state index contributed by atoms with van der Waals surface area (Å²) in [6.45, 7) is 1.26. The van der Waals surface area contributed by atoms with Gasteiger partial charge in [-0.2, -0.15) is 0 Å². The van der Waals surface area contributed by atoms with Crippen molar-refractivity contribution in [3.05, 3.63) is 90.3 Å². The number of hydrogen-bond donors (Lipinski definition) is 2. The number of amides is 2. The molecule has 1 aliphatic rings. The summed E-state index contributed by atoms with van der Waals surface area (Å²) in [4.78, 5) is 34.6. The van der Waals surface area contributed by atoms with Crippen LogP contribution in [0.1, 0.15) is 33.6 Å². The molecule has 0 aliphatic carbocycles. The van der Waals surface area contributed by atoms with Crippen LogP contribution in [0.2, 0.25) is 0 Å². The number of carbonyl (C=O) groups is 2. The summed E-state index contributed by atoms with van der Waals surface area (Å²) in [5.74, 6) is -0.0538. The molecule has 0 unspecified atom stereocenters. The number of rotatable bonds is 4. The second-order valence-corrected chi connectivity index (χ2v) is 8.12. The molecule has 1 fully saturated rings. The van der Waals surface area contributed by atoms with Crippen LogP contribution in [0.5, 0.6) is 0 Å². The topological polar surface area (TPSA) is 78.1 Å². The molecule has 0 atom stereocenters. The van der Waals surface area contributed by atoms with Gasteiger partial charge in [-0.3, -0.25) is 9.59 Å². The number of aromatic amines is 1. The first-order valence-corrected chi connectivity index (χ1v) is 10.9. The molecule has 0 spiro atoms. The van der Waals surface area contributed by atoms with Crippen molar-refractivity contribution < 1.29 is 9.59 Å². The van der Waals surface area contributed by atoms with Crippen molar-refractivity contribution in [1.29, 1.82) is 0 Å². The standard InChI is InChI=1S/C26H24N4O2/c31-25(21-10-11-23-24(16-21)28-17-27-23)29-22-12-14-30(15-13-22)26(32)20-8-6-19(7-9-20)18-4-2-1-3-5-18/h1-11,16-17,22H,12-15H2,(H,27,28)(H,29,31). The lowest BCUT2D eigenvalue weighted by Crippen LogP contribution is -2.46. The van der Waals surface area contributed by atoms with Crippen LogP contribution >= 0.6 is 0 Å². The Hall–Kier alpha value is -3.93. The Morgan fingerprint density at radius 3 is 2.31 bits per heavy atom. The van der Waals surface area contributed by atoms with Crippen LogP contribution in [0.4, 0.5) is 0 Å². The number of nitrogens with one attached hydrogen (secondary N) is 2. The number of piperidine rings is 1. The zero-order valence-corrected chi connectivity index (χ0v) is 17.6. The summed E-state index contributed by atoms with van der Waals surface area (Å²) < 4.78 is 0. The minimum Gasteiger partial charge on any atom is -0.349 e. The van der Waals surface area contributed by atoms with Gasteiger partial charge in [0.15, 0.2) is 0 Å². The van der Waals surface area contributed by atoms with Crippen molar-refractivity contribution >= 4 is 22.8 Å². The van der Waals surface area contributed by atoms with Gasteiger partial charge in [0.05, 0.1) is 17.4 Å². The molecule has 1 aromatic heterocycles. The fourth-order valence-electron chi connectivity index (χ4n) is 4.19. The average molecular weight is 425 g/mol. The molecule has 6 heteroatoms. The third-order valence-electron chi connectivity index (χ3n) is 6.04. The Labute approximate surface area is 186 Å². The van der Waals surface area contributed by atoms with Gasteiger partial charge in [-0.05, 0) is 54.3 Å². The summed E-state index contributed by atoms with van der Waals surface area (Å²) >= 11 is 0. The second-order valence-electron chi connectivity index (χ2n) is 8.12. The highest BCUT2D eigenvalue weighted by Crippen LogP contribution is 2.21. The number of aromatic nitrogens is 2. The highest BCUT2D eigenvalue weighted by Gasteiger charge is 2.25. The minimum atomic E-state index is -0.0947. The van der Waals surface area contributed by atoms with E-state index < -0.39 is 0 Å². The van der Waals surface area contributed by atoms with E-state index in [1.54, 1.807) is 12.4 Å². The van der Waals surface area contributed by atoms with Gasteiger partial charge >= 0.3 is 0 Å². The van der Waals surface area contributed by atoms with Gasteiger partial charge in [0.1, 0.15) is 0 Å². The first-order chi connectivity index (χ1) is 15.7. The van der Waals surface area contributed by atoms with Crippen molar-refractivity contribution in [2.75, 3.05) is 13.1 Å². The smallest absolute Gasteiger partial charge is 0.253 e. The van der Waals surface area contributed by atoms with Crippen LogP contribution in [0, 0.1) is 0 Å². The maximum absolute atomic E-state index is 12.9. The van der Waals surface area contributed by atoms with E-state index in [0.29, 0.717) is 24.2 Å².